The fraction of sp³-hybridized carbons (Fsp3) is 0.167. The van der Waals surface area contributed by atoms with Gasteiger partial charge in [0, 0.05) is 0 Å². The topological polar surface area (TPSA) is 33.6 Å². The molecule has 0 spiro atoms. The lowest BCUT2D eigenvalue weighted by Crippen LogP contribution is -2.05. The highest BCUT2D eigenvalue weighted by Gasteiger charge is 2.14. The molecule has 0 aliphatic heterocycles. The zero-order chi connectivity index (χ0) is 12.4. The number of rotatable bonds is 3. The predicted molar refractivity (Wildman–Crippen MR) is 67.7 cm³/mol. The average Bonchev–Trinajstić information content (AvgIpc) is 2.71. The number of halogens is 1. The van der Waals surface area contributed by atoms with E-state index in [9.17, 15) is 4.39 Å². The first-order chi connectivity index (χ1) is 8.15. The highest BCUT2D eigenvalue weighted by Crippen LogP contribution is 2.23. The molecular weight excluding hydrogens is 237 g/mol. The first kappa shape index (κ1) is 11.7. The van der Waals surface area contributed by atoms with Gasteiger partial charge >= 0.3 is 0 Å². The molecule has 1 atom stereocenters. The normalized spacial score (nSPS) is 12.4. The lowest BCUT2D eigenvalue weighted by molar-refractivity contribution is 0.620. The van der Waals surface area contributed by atoms with Crippen molar-refractivity contribution < 1.29 is 4.39 Å². The lowest BCUT2D eigenvalue weighted by Gasteiger charge is -2.11. The standard InChI is InChI=1S/C12H12FN3S/c1-3-8(2)16-11(14-15-12(16)17)9-6-4-5-7-10(9)13/h3-8H,1H2,2H3,(H,15,17). The molecular formula is C12H12FN3S. The second-order valence-corrected chi connectivity index (χ2v) is 4.07. The molecule has 0 bridgehead atoms. The van der Waals surface area contributed by atoms with Crippen LogP contribution in [0.15, 0.2) is 36.9 Å². The first-order valence-electron chi connectivity index (χ1n) is 5.19. The van der Waals surface area contributed by atoms with Crippen LogP contribution in [0, 0.1) is 10.6 Å². The van der Waals surface area contributed by atoms with E-state index >= 15 is 0 Å². The van der Waals surface area contributed by atoms with Crippen molar-refractivity contribution in [1.29, 1.82) is 0 Å². The van der Waals surface area contributed by atoms with Gasteiger partial charge in [0.25, 0.3) is 0 Å². The molecule has 0 aliphatic rings. The molecule has 2 aromatic rings. The third-order valence-corrected chi connectivity index (χ3v) is 2.86. The minimum atomic E-state index is -0.320. The van der Waals surface area contributed by atoms with Gasteiger partial charge < -0.3 is 0 Å². The molecule has 1 heterocycles. The summed E-state index contributed by atoms with van der Waals surface area (Å²) < 4.78 is 15.9. The Hall–Kier alpha value is -1.75. The van der Waals surface area contributed by atoms with Crippen LogP contribution in [0.2, 0.25) is 0 Å². The average molecular weight is 249 g/mol. The molecule has 88 valence electrons. The Morgan fingerprint density at radius 3 is 2.88 bits per heavy atom. The van der Waals surface area contributed by atoms with Gasteiger partial charge in [-0.3, -0.25) is 9.67 Å². The van der Waals surface area contributed by atoms with Crippen LogP contribution in [0.1, 0.15) is 13.0 Å². The number of hydrogen-bond acceptors (Lipinski definition) is 2. The highest BCUT2D eigenvalue weighted by molar-refractivity contribution is 7.71. The second kappa shape index (κ2) is 4.63. The van der Waals surface area contributed by atoms with Crippen molar-refractivity contribution >= 4 is 12.2 Å². The van der Waals surface area contributed by atoms with Crippen LogP contribution in [0.25, 0.3) is 11.4 Å². The number of nitrogens with zero attached hydrogens (tertiary/aromatic N) is 2. The SMILES string of the molecule is C=CC(C)n1c(-c2ccccc2F)n[nH]c1=S. The number of allylic oxidation sites excluding steroid dienone is 1. The summed E-state index contributed by atoms with van der Waals surface area (Å²) in [5, 5.41) is 6.75. The zero-order valence-corrected chi connectivity index (χ0v) is 10.2. The summed E-state index contributed by atoms with van der Waals surface area (Å²) in [6.45, 7) is 5.63. The van der Waals surface area contributed by atoms with Crippen LogP contribution in [-0.2, 0) is 0 Å². The molecule has 2 rings (SSSR count). The fourth-order valence-electron chi connectivity index (χ4n) is 1.62. The van der Waals surface area contributed by atoms with Crippen molar-refractivity contribution in [3.05, 3.63) is 47.5 Å². The summed E-state index contributed by atoms with van der Waals surface area (Å²) in [6, 6.07) is 6.43. The molecule has 17 heavy (non-hydrogen) atoms. The van der Waals surface area contributed by atoms with E-state index in [4.69, 9.17) is 12.2 Å². The smallest absolute Gasteiger partial charge is 0.195 e. The van der Waals surface area contributed by atoms with Gasteiger partial charge in [0.15, 0.2) is 10.6 Å². The first-order valence-corrected chi connectivity index (χ1v) is 5.60. The molecule has 1 aromatic heterocycles. The van der Waals surface area contributed by atoms with E-state index in [1.807, 2.05) is 6.92 Å². The molecule has 1 N–H and O–H groups in total. The number of H-pyrrole nitrogens is 1. The van der Waals surface area contributed by atoms with E-state index in [1.54, 1.807) is 28.8 Å². The summed E-state index contributed by atoms with van der Waals surface area (Å²) in [5.74, 6) is 0.166. The van der Waals surface area contributed by atoms with E-state index in [0.29, 0.717) is 16.2 Å². The largest absolute Gasteiger partial charge is 0.293 e. The van der Waals surface area contributed by atoms with Gasteiger partial charge in [0.2, 0.25) is 0 Å². The Bertz CT molecular complexity index is 600. The molecule has 0 saturated carbocycles. The number of nitrogens with one attached hydrogen (secondary N) is 1. The molecule has 1 aromatic carbocycles. The zero-order valence-electron chi connectivity index (χ0n) is 9.35. The Labute approximate surface area is 104 Å². The maximum absolute atomic E-state index is 13.7. The summed E-state index contributed by atoms with van der Waals surface area (Å²) >= 11 is 5.13. The molecule has 0 amide bonds. The molecule has 0 radical (unpaired) electrons. The molecule has 1 unspecified atom stereocenters. The van der Waals surface area contributed by atoms with Gasteiger partial charge in [-0.2, -0.15) is 5.10 Å². The fourth-order valence-corrected chi connectivity index (χ4v) is 1.92. The van der Waals surface area contributed by atoms with E-state index < -0.39 is 0 Å². The summed E-state index contributed by atoms with van der Waals surface area (Å²) in [7, 11) is 0. The quantitative estimate of drug-likeness (QED) is 0.667. The number of benzene rings is 1. The summed E-state index contributed by atoms with van der Waals surface area (Å²) in [5.41, 5.74) is 0.425. The molecule has 0 saturated heterocycles. The van der Waals surface area contributed by atoms with Crippen LogP contribution in [-0.4, -0.2) is 14.8 Å². The van der Waals surface area contributed by atoms with Gasteiger partial charge in [-0.15, -0.1) is 6.58 Å². The number of aromatic amines is 1. The van der Waals surface area contributed by atoms with Crippen LogP contribution >= 0.6 is 12.2 Å². The van der Waals surface area contributed by atoms with Crippen molar-refractivity contribution in [2.45, 2.75) is 13.0 Å². The van der Waals surface area contributed by atoms with Gasteiger partial charge in [-0.25, -0.2) is 4.39 Å². The Balaban J connectivity index is 2.65. The van der Waals surface area contributed by atoms with Crippen molar-refractivity contribution in [2.24, 2.45) is 0 Å². The van der Waals surface area contributed by atoms with Crippen LogP contribution in [0.3, 0.4) is 0 Å². The van der Waals surface area contributed by atoms with E-state index in [2.05, 4.69) is 16.8 Å². The van der Waals surface area contributed by atoms with E-state index in [1.165, 1.54) is 6.07 Å². The van der Waals surface area contributed by atoms with Crippen LogP contribution in [0.5, 0.6) is 0 Å². The highest BCUT2D eigenvalue weighted by atomic mass is 32.1. The van der Waals surface area contributed by atoms with Crippen molar-refractivity contribution in [1.82, 2.24) is 14.8 Å². The third-order valence-electron chi connectivity index (χ3n) is 2.57. The Morgan fingerprint density at radius 1 is 1.53 bits per heavy atom. The van der Waals surface area contributed by atoms with Crippen molar-refractivity contribution in [3.63, 3.8) is 0 Å². The van der Waals surface area contributed by atoms with Crippen LogP contribution in [0.4, 0.5) is 4.39 Å². The minimum absolute atomic E-state index is 0.0455. The number of hydrogen-bond donors (Lipinski definition) is 1. The third kappa shape index (κ3) is 2.06. The Morgan fingerprint density at radius 2 is 2.24 bits per heavy atom. The number of aromatic nitrogens is 3. The van der Waals surface area contributed by atoms with Gasteiger partial charge in [-0.1, -0.05) is 18.2 Å². The summed E-state index contributed by atoms with van der Waals surface area (Å²) in [6.07, 6.45) is 1.73. The minimum Gasteiger partial charge on any atom is -0.293 e. The molecule has 0 aliphatic carbocycles. The second-order valence-electron chi connectivity index (χ2n) is 3.68. The molecule has 5 heteroatoms. The van der Waals surface area contributed by atoms with Crippen molar-refractivity contribution in [2.75, 3.05) is 0 Å². The monoisotopic (exact) mass is 249 g/mol. The lowest BCUT2D eigenvalue weighted by atomic mass is 10.2. The van der Waals surface area contributed by atoms with Gasteiger partial charge in [0.1, 0.15) is 5.82 Å². The van der Waals surface area contributed by atoms with Crippen LogP contribution < -0.4 is 0 Å². The molecule has 0 fully saturated rings. The summed E-state index contributed by atoms with van der Waals surface area (Å²) in [4.78, 5) is 0. The van der Waals surface area contributed by atoms with E-state index in [-0.39, 0.29) is 11.9 Å². The van der Waals surface area contributed by atoms with Crippen molar-refractivity contribution in [3.8, 4) is 11.4 Å². The maximum atomic E-state index is 13.7. The van der Waals surface area contributed by atoms with E-state index in [0.717, 1.165) is 0 Å². The van der Waals surface area contributed by atoms with Gasteiger partial charge in [-0.05, 0) is 31.3 Å². The van der Waals surface area contributed by atoms with Gasteiger partial charge in [0.05, 0.1) is 11.6 Å². The molecule has 3 nitrogen and oxygen atoms in total. The maximum Gasteiger partial charge on any atom is 0.195 e. The Kier molecular flexibility index (Phi) is 3.19. The predicted octanol–water partition coefficient (Wildman–Crippen LogP) is 3.49.